The summed E-state index contributed by atoms with van der Waals surface area (Å²) in [6, 6.07) is 3.56. The van der Waals surface area contributed by atoms with Crippen molar-refractivity contribution in [3.8, 4) is 0 Å². The average molecular weight is 233 g/mol. The highest BCUT2D eigenvalue weighted by atomic mass is 16.1. The van der Waals surface area contributed by atoms with Gasteiger partial charge in [0.25, 0.3) is 5.91 Å². The molecule has 0 aromatic carbocycles. The van der Waals surface area contributed by atoms with Gasteiger partial charge in [-0.1, -0.05) is 13.8 Å². The van der Waals surface area contributed by atoms with Gasteiger partial charge in [-0.2, -0.15) is 0 Å². The predicted molar refractivity (Wildman–Crippen MR) is 68.0 cm³/mol. The number of amides is 1. The summed E-state index contributed by atoms with van der Waals surface area (Å²) in [5.74, 6) is 1.19. The number of pyridine rings is 1. The predicted octanol–water partition coefficient (Wildman–Crippen LogP) is 1.90. The van der Waals surface area contributed by atoms with Crippen LogP contribution in [-0.2, 0) is 0 Å². The Hall–Kier alpha value is -1.58. The lowest BCUT2D eigenvalue weighted by Crippen LogP contribution is -2.27. The van der Waals surface area contributed by atoms with E-state index >= 15 is 0 Å². The molecule has 17 heavy (non-hydrogen) atoms. The quantitative estimate of drug-likeness (QED) is 0.835. The van der Waals surface area contributed by atoms with Crippen LogP contribution in [0, 0.1) is 11.3 Å². The Morgan fingerprint density at radius 2 is 2.29 bits per heavy atom. The molecule has 1 aromatic rings. The van der Waals surface area contributed by atoms with E-state index in [4.69, 9.17) is 0 Å². The molecule has 0 spiro atoms. The second kappa shape index (κ2) is 4.35. The van der Waals surface area contributed by atoms with Crippen LogP contribution in [0.4, 0.5) is 5.82 Å². The van der Waals surface area contributed by atoms with Gasteiger partial charge in [-0.3, -0.25) is 4.79 Å². The highest BCUT2D eigenvalue weighted by molar-refractivity contribution is 5.98. The maximum atomic E-state index is 12.0. The zero-order valence-electron chi connectivity index (χ0n) is 10.6. The molecular formula is C13H19N3O. The van der Waals surface area contributed by atoms with Crippen LogP contribution in [0.15, 0.2) is 18.3 Å². The van der Waals surface area contributed by atoms with E-state index in [2.05, 4.69) is 29.5 Å². The first-order valence-electron chi connectivity index (χ1n) is 5.95. The molecule has 0 radical (unpaired) electrons. The van der Waals surface area contributed by atoms with Crippen molar-refractivity contribution >= 4 is 11.7 Å². The fraction of sp³-hybridized carbons (Fsp3) is 0.538. The van der Waals surface area contributed by atoms with Gasteiger partial charge in [0.05, 0.1) is 5.56 Å². The normalized spacial score (nSPS) is 20.8. The molecule has 1 aliphatic rings. The summed E-state index contributed by atoms with van der Waals surface area (Å²) in [5, 5.41) is 5.90. The third kappa shape index (κ3) is 2.57. The van der Waals surface area contributed by atoms with E-state index in [1.807, 2.05) is 0 Å². The lowest BCUT2D eigenvalue weighted by atomic mass is 10.1. The van der Waals surface area contributed by atoms with Crippen LogP contribution in [0.1, 0.15) is 30.6 Å². The maximum Gasteiger partial charge on any atom is 0.255 e. The summed E-state index contributed by atoms with van der Waals surface area (Å²) < 4.78 is 0. The Balaban J connectivity index is 1.95. The highest BCUT2D eigenvalue weighted by Crippen LogP contribution is 2.50. The minimum absolute atomic E-state index is 0.0508. The molecular weight excluding hydrogens is 214 g/mol. The van der Waals surface area contributed by atoms with Gasteiger partial charge in [0, 0.05) is 19.8 Å². The number of hydrogen-bond donors (Lipinski definition) is 2. The second-order valence-corrected chi connectivity index (χ2v) is 5.25. The van der Waals surface area contributed by atoms with E-state index in [1.54, 1.807) is 25.4 Å². The van der Waals surface area contributed by atoms with E-state index < -0.39 is 0 Å². The minimum Gasteiger partial charge on any atom is -0.372 e. The SMILES string of the molecule is CNc1ncccc1C(=O)NCC1CC1(C)C. The lowest BCUT2D eigenvalue weighted by molar-refractivity contribution is 0.0951. The summed E-state index contributed by atoms with van der Waals surface area (Å²) in [6.07, 6.45) is 2.87. The second-order valence-electron chi connectivity index (χ2n) is 5.25. The fourth-order valence-electron chi connectivity index (χ4n) is 2.02. The van der Waals surface area contributed by atoms with E-state index in [1.165, 1.54) is 6.42 Å². The van der Waals surface area contributed by atoms with Gasteiger partial charge in [0.2, 0.25) is 0 Å². The largest absolute Gasteiger partial charge is 0.372 e. The van der Waals surface area contributed by atoms with Crippen molar-refractivity contribution in [2.45, 2.75) is 20.3 Å². The third-order valence-corrected chi connectivity index (χ3v) is 3.52. The van der Waals surface area contributed by atoms with Crippen molar-refractivity contribution in [1.82, 2.24) is 10.3 Å². The monoisotopic (exact) mass is 233 g/mol. The van der Waals surface area contributed by atoms with E-state index in [0.29, 0.717) is 22.7 Å². The van der Waals surface area contributed by atoms with Crippen molar-refractivity contribution in [1.29, 1.82) is 0 Å². The van der Waals surface area contributed by atoms with E-state index in [-0.39, 0.29) is 5.91 Å². The number of aromatic nitrogens is 1. The molecule has 0 bridgehead atoms. The van der Waals surface area contributed by atoms with Crippen molar-refractivity contribution in [3.05, 3.63) is 23.9 Å². The molecule has 4 nitrogen and oxygen atoms in total. The first-order valence-corrected chi connectivity index (χ1v) is 5.95. The molecule has 1 fully saturated rings. The molecule has 1 amide bonds. The molecule has 1 aliphatic carbocycles. The van der Waals surface area contributed by atoms with Gasteiger partial charge in [-0.25, -0.2) is 4.98 Å². The summed E-state index contributed by atoms with van der Waals surface area (Å²) in [7, 11) is 1.77. The molecule has 1 heterocycles. The van der Waals surface area contributed by atoms with Crippen LogP contribution >= 0.6 is 0 Å². The van der Waals surface area contributed by atoms with Crippen LogP contribution in [0.3, 0.4) is 0 Å². The van der Waals surface area contributed by atoms with E-state index in [0.717, 1.165) is 6.54 Å². The average Bonchev–Trinajstić information content (AvgIpc) is 2.94. The Morgan fingerprint density at radius 3 is 2.88 bits per heavy atom. The van der Waals surface area contributed by atoms with Crippen molar-refractivity contribution in [2.24, 2.45) is 11.3 Å². The van der Waals surface area contributed by atoms with Crippen molar-refractivity contribution in [3.63, 3.8) is 0 Å². The van der Waals surface area contributed by atoms with Crippen LogP contribution < -0.4 is 10.6 Å². The molecule has 1 unspecified atom stereocenters. The zero-order chi connectivity index (χ0) is 12.5. The van der Waals surface area contributed by atoms with Gasteiger partial charge in [-0.05, 0) is 29.9 Å². The number of carbonyl (C=O) groups excluding carboxylic acids is 1. The van der Waals surface area contributed by atoms with Gasteiger partial charge < -0.3 is 10.6 Å². The number of nitrogens with zero attached hydrogens (tertiary/aromatic N) is 1. The minimum atomic E-state index is -0.0508. The Labute approximate surface area is 102 Å². The van der Waals surface area contributed by atoms with Crippen LogP contribution in [-0.4, -0.2) is 24.5 Å². The first kappa shape index (κ1) is 11.9. The lowest BCUT2D eigenvalue weighted by Gasteiger charge is -2.09. The van der Waals surface area contributed by atoms with Gasteiger partial charge in [0.15, 0.2) is 0 Å². The van der Waals surface area contributed by atoms with Crippen molar-refractivity contribution < 1.29 is 4.79 Å². The molecule has 4 heteroatoms. The summed E-state index contributed by atoms with van der Waals surface area (Å²) >= 11 is 0. The number of carbonyl (C=O) groups is 1. The highest BCUT2D eigenvalue weighted by Gasteiger charge is 2.45. The summed E-state index contributed by atoms with van der Waals surface area (Å²) in [6.45, 7) is 5.21. The molecule has 1 atom stereocenters. The van der Waals surface area contributed by atoms with Gasteiger partial charge in [-0.15, -0.1) is 0 Å². The number of anilines is 1. The molecule has 92 valence electrons. The molecule has 1 aromatic heterocycles. The number of nitrogens with one attached hydrogen (secondary N) is 2. The first-order chi connectivity index (χ1) is 8.04. The number of hydrogen-bond acceptors (Lipinski definition) is 3. The van der Waals surface area contributed by atoms with Crippen LogP contribution in [0.2, 0.25) is 0 Å². The Bertz CT molecular complexity index is 428. The van der Waals surface area contributed by atoms with Gasteiger partial charge >= 0.3 is 0 Å². The molecule has 2 rings (SSSR count). The topological polar surface area (TPSA) is 54.0 Å². The fourth-order valence-corrected chi connectivity index (χ4v) is 2.02. The Kier molecular flexibility index (Phi) is 3.05. The van der Waals surface area contributed by atoms with Crippen LogP contribution in [0.25, 0.3) is 0 Å². The summed E-state index contributed by atoms with van der Waals surface area (Å²) in [4.78, 5) is 16.1. The maximum absolute atomic E-state index is 12.0. The molecule has 0 aliphatic heterocycles. The molecule has 1 saturated carbocycles. The van der Waals surface area contributed by atoms with Gasteiger partial charge in [0.1, 0.15) is 5.82 Å². The van der Waals surface area contributed by atoms with Crippen LogP contribution in [0.5, 0.6) is 0 Å². The smallest absolute Gasteiger partial charge is 0.255 e. The molecule has 0 saturated heterocycles. The number of rotatable bonds is 4. The standard InChI is InChI=1S/C13H19N3O/c1-13(2)7-9(13)8-16-12(17)10-5-4-6-15-11(10)14-3/h4-6,9H,7-8H2,1-3H3,(H,14,15)(H,16,17). The van der Waals surface area contributed by atoms with Crippen molar-refractivity contribution in [2.75, 3.05) is 18.9 Å². The van der Waals surface area contributed by atoms with E-state index in [9.17, 15) is 4.79 Å². The third-order valence-electron chi connectivity index (χ3n) is 3.52. The zero-order valence-corrected chi connectivity index (χ0v) is 10.6. The Morgan fingerprint density at radius 1 is 1.59 bits per heavy atom. The summed E-state index contributed by atoms with van der Waals surface area (Å²) in [5.41, 5.74) is 1.00. The molecule has 2 N–H and O–H groups in total.